The highest BCUT2D eigenvalue weighted by Crippen LogP contribution is 2.15. The molecule has 0 aliphatic carbocycles. The number of ether oxygens (including phenoxy) is 2. The van der Waals surface area contributed by atoms with E-state index >= 15 is 0 Å². The molecule has 0 saturated carbocycles. The lowest BCUT2D eigenvalue weighted by molar-refractivity contribution is -0.136. The fourth-order valence-electron chi connectivity index (χ4n) is 1.17. The van der Waals surface area contributed by atoms with Crippen LogP contribution in [-0.4, -0.2) is 26.5 Å². The summed E-state index contributed by atoms with van der Waals surface area (Å²) < 4.78 is 9.49. The summed E-state index contributed by atoms with van der Waals surface area (Å²) in [6, 6.07) is 7.02. The Morgan fingerprint density at radius 2 is 2.06 bits per heavy atom. The van der Waals surface area contributed by atoms with Gasteiger partial charge >= 0.3 is 5.97 Å². The highest BCUT2D eigenvalue weighted by molar-refractivity contribution is 6.11. The summed E-state index contributed by atoms with van der Waals surface area (Å²) in [6.07, 6.45) is 1.91. The first-order valence-electron chi connectivity index (χ1n) is 4.60. The van der Waals surface area contributed by atoms with Crippen molar-refractivity contribution in [2.75, 3.05) is 14.2 Å². The molecule has 0 atom stereocenters. The van der Waals surface area contributed by atoms with E-state index in [2.05, 4.69) is 4.74 Å². The summed E-state index contributed by atoms with van der Waals surface area (Å²) in [5.74, 6) is 0.00156. The Kier molecular flexibility index (Phi) is 4.27. The number of carbonyl (C=O) groups is 2. The van der Waals surface area contributed by atoms with E-state index in [0.717, 1.165) is 0 Å². The van der Waals surface area contributed by atoms with Crippen molar-refractivity contribution in [1.29, 1.82) is 0 Å². The number of methoxy groups -OCH3 is 2. The topological polar surface area (TPSA) is 52.6 Å². The van der Waals surface area contributed by atoms with Gasteiger partial charge in [-0.25, -0.2) is 4.79 Å². The minimum absolute atomic E-state index is 0.0317. The summed E-state index contributed by atoms with van der Waals surface area (Å²) >= 11 is 0. The zero-order valence-corrected chi connectivity index (χ0v) is 9.10. The van der Waals surface area contributed by atoms with Gasteiger partial charge in [-0.15, -0.1) is 0 Å². The second-order valence-corrected chi connectivity index (χ2v) is 2.99. The van der Waals surface area contributed by atoms with Crippen LogP contribution in [0.15, 0.2) is 29.8 Å². The highest BCUT2D eigenvalue weighted by atomic mass is 16.5. The molecule has 1 rings (SSSR count). The zero-order valence-electron chi connectivity index (χ0n) is 9.10. The maximum absolute atomic E-state index is 11.1. The highest BCUT2D eigenvalue weighted by Gasteiger charge is 2.07. The summed E-state index contributed by atoms with van der Waals surface area (Å²) in [5, 5.41) is 0. The van der Waals surface area contributed by atoms with Crippen LogP contribution >= 0.6 is 0 Å². The van der Waals surface area contributed by atoms with Crippen LogP contribution in [0, 0.1) is 0 Å². The minimum Gasteiger partial charge on any atom is -0.497 e. The molecule has 0 fully saturated rings. The van der Waals surface area contributed by atoms with E-state index in [9.17, 15) is 9.59 Å². The van der Waals surface area contributed by atoms with Crippen LogP contribution in [0.25, 0.3) is 6.08 Å². The molecule has 0 amide bonds. The Hall–Kier alpha value is -2.10. The molecule has 0 bridgehead atoms. The number of rotatable bonds is 4. The van der Waals surface area contributed by atoms with Gasteiger partial charge in [0.25, 0.3) is 0 Å². The summed E-state index contributed by atoms with van der Waals surface area (Å²) in [4.78, 5) is 21.8. The SMILES string of the molecule is COC(=O)/C(C=O)=C/c1cccc(OC)c1. The molecule has 0 unspecified atom stereocenters. The maximum Gasteiger partial charge on any atom is 0.341 e. The number of hydrogen-bond donors (Lipinski definition) is 0. The minimum atomic E-state index is -0.655. The number of carbonyl (C=O) groups excluding carboxylic acids is 2. The Morgan fingerprint density at radius 1 is 1.31 bits per heavy atom. The Bertz CT molecular complexity index is 421. The third-order valence-corrected chi connectivity index (χ3v) is 1.96. The predicted octanol–water partition coefficient (Wildman–Crippen LogP) is 1.45. The molecule has 16 heavy (non-hydrogen) atoms. The molecule has 0 saturated heterocycles. The van der Waals surface area contributed by atoms with Crippen LogP contribution in [0.2, 0.25) is 0 Å². The zero-order chi connectivity index (χ0) is 12.0. The smallest absolute Gasteiger partial charge is 0.341 e. The fourth-order valence-corrected chi connectivity index (χ4v) is 1.17. The number of benzene rings is 1. The van der Waals surface area contributed by atoms with E-state index in [-0.39, 0.29) is 5.57 Å². The molecule has 0 radical (unpaired) electrons. The third-order valence-electron chi connectivity index (χ3n) is 1.96. The van der Waals surface area contributed by atoms with Gasteiger partial charge in [0.15, 0.2) is 6.29 Å². The van der Waals surface area contributed by atoms with Crippen molar-refractivity contribution in [3.63, 3.8) is 0 Å². The number of esters is 1. The average Bonchev–Trinajstić information content (AvgIpc) is 2.35. The summed E-state index contributed by atoms with van der Waals surface area (Å²) in [6.45, 7) is 0. The molecule has 1 aromatic rings. The monoisotopic (exact) mass is 220 g/mol. The van der Waals surface area contributed by atoms with Gasteiger partial charge in [-0.3, -0.25) is 4.79 Å². The van der Waals surface area contributed by atoms with Gasteiger partial charge < -0.3 is 9.47 Å². The first kappa shape index (κ1) is 12.0. The fraction of sp³-hybridized carbons (Fsp3) is 0.167. The van der Waals surface area contributed by atoms with Gasteiger partial charge in [0.1, 0.15) is 5.75 Å². The van der Waals surface area contributed by atoms with E-state index in [1.54, 1.807) is 31.4 Å². The predicted molar refractivity (Wildman–Crippen MR) is 59.1 cm³/mol. The van der Waals surface area contributed by atoms with E-state index in [4.69, 9.17) is 4.74 Å². The molecular formula is C12H12O4. The lowest BCUT2D eigenvalue weighted by atomic mass is 10.1. The normalized spacial score (nSPS) is 10.8. The third kappa shape index (κ3) is 2.95. The van der Waals surface area contributed by atoms with E-state index < -0.39 is 5.97 Å². The first-order chi connectivity index (χ1) is 7.71. The van der Waals surface area contributed by atoms with Crippen molar-refractivity contribution in [1.82, 2.24) is 0 Å². The molecule has 0 aliphatic heterocycles. The van der Waals surface area contributed by atoms with E-state index in [1.165, 1.54) is 13.2 Å². The molecule has 4 heteroatoms. The molecule has 1 aromatic carbocycles. The second-order valence-electron chi connectivity index (χ2n) is 2.99. The van der Waals surface area contributed by atoms with Crippen LogP contribution < -0.4 is 4.74 Å². The quantitative estimate of drug-likeness (QED) is 0.253. The Morgan fingerprint density at radius 3 is 2.62 bits per heavy atom. The molecule has 0 spiro atoms. The van der Waals surface area contributed by atoms with Gasteiger partial charge in [0.2, 0.25) is 0 Å². The van der Waals surface area contributed by atoms with Gasteiger partial charge in [-0.2, -0.15) is 0 Å². The summed E-state index contributed by atoms with van der Waals surface area (Å²) in [7, 11) is 2.77. The van der Waals surface area contributed by atoms with Crippen molar-refractivity contribution in [3.8, 4) is 5.75 Å². The van der Waals surface area contributed by atoms with Crippen molar-refractivity contribution < 1.29 is 19.1 Å². The van der Waals surface area contributed by atoms with E-state index in [1.807, 2.05) is 0 Å². The van der Waals surface area contributed by atoms with Gasteiger partial charge in [-0.1, -0.05) is 12.1 Å². The Labute approximate surface area is 93.5 Å². The lowest BCUT2D eigenvalue weighted by Crippen LogP contribution is -2.05. The molecule has 0 heterocycles. The van der Waals surface area contributed by atoms with Crippen LogP contribution in [0.1, 0.15) is 5.56 Å². The average molecular weight is 220 g/mol. The van der Waals surface area contributed by atoms with Gasteiger partial charge in [0.05, 0.1) is 19.8 Å². The first-order valence-corrected chi connectivity index (χ1v) is 4.60. The summed E-state index contributed by atoms with van der Waals surface area (Å²) in [5.41, 5.74) is 0.669. The molecule has 4 nitrogen and oxygen atoms in total. The van der Waals surface area contributed by atoms with Gasteiger partial charge in [0, 0.05) is 0 Å². The van der Waals surface area contributed by atoms with Crippen LogP contribution in [0.4, 0.5) is 0 Å². The van der Waals surface area contributed by atoms with Gasteiger partial charge in [-0.05, 0) is 23.8 Å². The molecular weight excluding hydrogens is 208 g/mol. The van der Waals surface area contributed by atoms with Crippen LogP contribution in [0.3, 0.4) is 0 Å². The molecule has 84 valence electrons. The lowest BCUT2D eigenvalue weighted by Gasteiger charge is -2.01. The standard InChI is InChI=1S/C12H12O4/c1-15-11-5-3-4-9(7-11)6-10(8-13)12(14)16-2/h3-8H,1-2H3/b10-6+. The number of hydrogen-bond acceptors (Lipinski definition) is 4. The second kappa shape index (κ2) is 5.70. The number of aldehydes is 1. The molecule has 0 N–H and O–H groups in total. The molecule has 0 aromatic heterocycles. The van der Waals surface area contributed by atoms with Crippen LogP contribution in [-0.2, 0) is 14.3 Å². The largest absolute Gasteiger partial charge is 0.497 e. The Balaban J connectivity index is 3.03. The van der Waals surface area contributed by atoms with E-state index in [0.29, 0.717) is 17.6 Å². The van der Waals surface area contributed by atoms with Crippen LogP contribution in [0.5, 0.6) is 5.75 Å². The van der Waals surface area contributed by atoms with Crippen molar-refractivity contribution in [3.05, 3.63) is 35.4 Å². The van der Waals surface area contributed by atoms with Crippen molar-refractivity contribution in [2.24, 2.45) is 0 Å². The maximum atomic E-state index is 11.1. The van der Waals surface area contributed by atoms with Crippen molar-refractivity contribution >= 4 is 18.3 Å². The van der Waals surface area contributed by atoms with Crippen molar-refractivity contribution in [2.45, 2.75) is 0 Å². The molecule has 0 aliphatic rings.